The maximum absolute atomic E-state index is 12.0. The second-order valence-corrected chi connectivity index (χ2v) is 7.63. The number of amides is 3. The SMILES string of the molecule is C[C@H]1CN(c2ccc(NC(=O)NCCNC(=O)c3cccs3)cn2)C[C@H](C)O1. The number of carbonyl (C=O) groups is 2. The van der Waals surface area contributed by atoms with Crippen LogP contribution in [0.1, 0.15) is 23.5 Å². The normalized spacial score (nSPS) is 19.1. The lowest BCUT2D eigenvalue weighted by molar-refractivity contribution is -0.00545. The van der Waals surface area contributed by atoms with Crippen LogP contribution in [0.3, 0.4) is 0 Å². The highest BCUT2D eigenvalue weighted by molar-refractivity contribution is 7.12. The van der Waals surface area contributed by atoms with Crippen LogP contribution in [-0.2, 0) is 4.74 Å². The Kier molecular flexibility index (Phi) is 6.83. The van der Waals surface area contributed by atoms with Crippen molar-refractivity contribution in [1.29, 1.82) is 0 Å². The number of hydrogen-bond donors (Lipinski definition) is 3. The van der Waals surface area contributed by atoms with Crippen LogP contribution in [0.15, 0.2) is 35.8 Å². The minimum absolute atomic E-state index is 0.135. The van der Waals surface area contributed by atoms with Crippen LogP contribution in [0, 0.1) is 0 Å². The van der Waals surface area contributed by atoms with Crippen molar-refractivity contribution < 1.29 is 14.3 Å². The van der Waals surface area contributed by atoms with Crippen molar-refractivity contribution in [3.8, 4) is 0 Å². The van der Waals surface area contributed by atoms with E-state index in [1.54, 1.807) is 12.3 Å². The van der Waals surface area contributed by atoms with Gasteiger partial charge in [0.15, 0.2) is 0 Å². The molecule has 0 bridgehead atoms. The van der Waals surface area contributed by atoms with E-state index in [1.807, 2.05) is 37.4 Å². The van der Waals surface area contributed by atoms with E-state index in [0.29, 0.717) is 23.7 Å². The van der Waals surface area contributed by atoms with Gasteiger partial charge in [-0.25, -0.2) is 9.78 Å². The maximum Gasteiger partial charge on any atom is 0.319 e. The third kappa shape index (κ3) is 5.67. The number of urea groups is 1. The lowest BCUT2D eigenvalue weighted by Crippen LogP contribution is -2.45. The average Bonchev–Trinajstić information content (AvgIpc) is 3.20. The van der Waals surface area contributed by atoms with Crippen molar-refractivity contribution in [2.24, 2.45) is 0 Å². The average molecular weight is 404 g/mol. The summed E-state index contributed by atoms with van der Waals surface area (Å²) in [6.45, 7) is 6.37. The topological polar surface area (TPSA) is 95.6 Å². The number of nitrogens with zero attached hydrogens (tertiary/aromatic N) is 2. The third-order valence-electron chi connectivity index (χ3n) is 4.19. The number of nitrogens with one attached hydrogen (secondary N) is 3. The molecular weight excluding hydrogens is 378 g/mol. The molecule has 1 aliphatic rings. The molecule has 0 aliphatic carbocycles. The molecule has 0 aromatic carbocycles. The fourth-order valence-electron chi connectivity index (χ4n) is 3.03. The van der Waals surface area contributed by atoms with Crippen molar-refractivity contribution in [1.82, 2.24) is 15.6 Å². The van der Waals surface area contributed by atoms with Gasteiger partial charge in [0.05, 0.1) is 29.0 Å². The van der Waals surface area contributed by atoms with Crippen molar-refractivity contribution in [3.63, 3.8) is 0 Å². The molecule has 3 N–H and O–H groups in total. The van der Waals surface area contributed by atoms with Gasteiger partial charge in [-0.1, -0.05) is 6.07 Å². The van der Waals surface area contributed by atoms with Crippen LogP contribution in [0.25, 0.3) is 0 Å². The zero-order valence-electron chi connectivity index (χ0n) is 16.0. The van der Waals surface area contributed by atoms with Gasteiger partial charge in [0.25, 0.3) is 5.91 Å². The molecule has 3 rings (SSSR count). The molecule has 1 saturated heterocycles. The van der Waals surface area contributed by atoms with Gasteiger partial charge in [-0.2, -0.15) is 0 Å². The molecule has 1 fully saturated rings. The van der Waals surface area contributed by atoms with Gasteiger partial charge in [0, 0.05) is 26.2 Å². The van der Waals surface area contributed by atoms with E-state index < -0.39 is 0 Å². The predicted molar refractivity (Wildman–Crippen MR) is 110 cm³/mol. The Morgan fingerprint density at radius 1 is 1.18 bits per heavy atom. The first-order valence-corrected chi connectivity index (χ1v) is 10.1. The minimum atomic E-state index is -0.339. The molecule has 3 heterocycles. The molecule has 0 unspecified atom stereocenters. The second-order valence-electron chi connectivity index (χ2n) is 6.68. The Morgan fingerprint density at radius 2 is 1.93 bits per heavy atom. The molecule has 9 heteroatoms. The molecule has 2 atom stereocenters. The lowest BCUT2D eigenvalue weighted by Gasteiger charge is -2.36. The van der Waals surface area contributed by atoms with E-state index in [9.17, 15) is 9.59 Å². The summed E-state index contributed by atoms with van der Waals surface area (Å²) in [6.07, 6.45) is 1.96. The summed E-state index contributed by atoms with van der Waals surface area (Å²) in [5, 5.41) is 10.0. The van der Waals surface area contributed by atoms with Gasteiger partial charge in [-0.3, -0.25) is 4.79 Å². The molecule has 3 amide bonds. The Hall–Kier alpha value is -2.65. The zero-order chi connectivity index (χ0) is 19.9. The smallest absolute Gasteiger partial charge is 0.319 e. The quantitative estimate of drug-likeness (QED) is 0.644. The van der Waals surface area contributed by atoms with Gasteiger partial charge in [0.2, 0.25) is 0 Å². The summed E-state index contributed by atoms with van der Waals surface area (Å²) in [5.41, 5.74) is 0.609. The first-order valence-electron chi connectivity index (χ1n) is 9.24. The predicted octanol–water partition coefficient (Wildman–Crippen LogP) is 2.31. The van der Waals surface area contributed by atoms with Crippen molar-refractivity contribution in [2.45, 2.75) is 26.1 Å². The number of rotatable bonds is 6. The second kappa shape index (κ2) is 9.52. The van der Waals surface area contributed by atoms with Crippen LogP contribution in [0.4, 0.5) is 16.3 Å². The number of hydrogen-bond acceptors (Lipinski definition) is 6. The Labute approximate surface area is 168 Å². The molecule has 0 spiro atoms. The van der Waals surface area contributed by atoms with Crippen molar-refractivity contribution in [3.05, 3.63) is 40.7 Å². The summed E-state index contributed by atoms with van der Waals surface area (Å²) in [7, 11) is 0. The molecule has 1 aliphatic heterocycles. The summed E-state index contributed by atoms with van der Waals surface area (Å²) in [5.74, 6) is 0.730. The first-order chi connectivity index (χ1) is 13.5. The van der Waals surface area contributed by atoms with Gasteiger partial charge in [0.1, 0.15) is 5.82 Å². The van der Waals surface area contributed by atoms with E-state index in [-0.39, 0.29) is 24.1 Å². The summed E-state index contributed by atoms with van der Waals surface area (Å²) >= 11 is 1.38. The Balaban J connectivity index is 1.40. The number of carbonyl (C=O) groups excluding carboxylic acids is 2. The largest absolute Gasteiger partial charge is 0.372 e. The fourth-order valence-corrected chi connectivity index (χ4v) is 3.67. The Bertz CT molecular complexity index is 771. The maximum atomic E-state index is 12.0. The van der Waals surface area contributed by atoms with Gasteiger partial charge in [-0.05, 0) is 37.4 Å². The van der Waals surface area contributed by atoms with Crippen molar-refractivity contribution >= 4 is 34.8 Å². The van der Waals surface area contributed by atoms with Gasteiger partial charge < -0.3 is 25.6 Å². The number of morpholine rings is 1. The number of pyridine rings is 1. The molecule has 2 aromatic rings. The molecule has 0 saturated carbocycles. The van der Waals surface area contributed by atoms with Crippen molar-refractivity contribution in [2.75, 3.05) is 36.4 Å². The van der Waals surface area contributed by atoms with Crippen LogP contribution < -0.4 is 20.9 Å². The van der Waals surface area contributed by atoms with Gasteiger partial charge in [-0.15, -0.1) is 11.3 Å². The first kappa shape index (κ1) is 20.1. The highest BCUT2D eigenvalue weighted by Gasteiger charge is 2.23. The van der Waals surface area contributed by atoms with E-state index in [4.69, 9.17) is 4.74 Å². The number of thiophene rings is 1. The monoisotopic (exact) mass is 403 g/mol. The molecule has 28 heavy (non-hydrogen) atoms. The summed E-state index contributed by atoms with van der Waals surface area (Å²) < 4.78 is 5.74. The summed E-state index contributed by atoms with van der Waals surface area (Å²) in [4.78, 5) is 31.0. The molecule has 2 aromatic heterocycles. The van der Waals surface area contributed by atoms with E-state index in [1.165, 1.54) is 11.3 Å². The highest BCUT2D eigenvalue weighted by Crippen LogP contribution is 2.19. The minimum Gasteiger partial charge on any atom is -0.372 e. The zero-order valence-corrected chi connectivity index (χ0v) is 16.8. The van der Waals surface area contributed by atoms with Crippen LogP contribution in [0.5, 0.6) is 0 Å². The van der Waals surface area contributed by atoms with E-state index in [2.05, 4.69) is 25.8 Å². The fraction of sp³-hybridized carbons (Fsp3) is 0.421. The van der Waals surface area contributed by atoms with Crippen LogP contribution in [-0.4, -0.2) is 55.3 Å². The third-order valence-corrected chi connectivity index (χ3v) is 5.06. The molecule has 0 radical (unpaired) electrons. The van der Waals surface area contributed by atoms with E-state index in [0.717, 1.165) is 18.9 Å². The lowest BCUT2D eigenvalue weighted by atomic mass is 10.2. The molecule has 150 valence electrons. The van der Waals surface area contributed by atoms with Crippen LogP contribution in [0.2, 0.25) is 0 Å². The molecule has 8 nitrogen and oxygen atoms in total. The Morgan fingerprint density at radius 3 is 2.57 bits per heavy atom. The number of anilines is 2. The standard InChI is InChI=1S/C19H25N5O3S/c1-13-11-24(12-14(2)27-13)17-6-5-15(10-22-17)23-19(26)21-8-7-20-18(25)16-4-3-9-28-16/h3-6,9-10,13-14H,7-8,11-12H2,1-2H3,(H,20,25)(H2,21,23,26)/t13-,14-/m0/s1. The van der Waals surface area contributed by atoms with Crippen LogP contribution >= 0.6 is 11.3 Å². The van der Waals surface area contributed by atoms with E-state index >= 15 is 0 Å². The number of aromatic nitrogens is 1. The molecular formula is C19H25N5O3S. The van der Waals surface area contributed by atoms with Gasteiger partial charge >= 0.3 is 6.03 Å². The highest BCUT2D eigenvalue weighted by atomic mass is 32.1. The summed E-state index contributed by atoms with van der Waals surface area (Å²) in [6, 6.07) is 6.96. The number of ether oxygens (including phenoxy) is 1.